The summed E-state index contributed by atoms with van der Waals surface area (Å²) < 4.78 is 8.43. The summed E-state index contributed by atoms with van der Waals surface area (Å²) in [4.78, 5) is 38.3. The number of halogens is 1. The molecular weight excluding hydrogens is 494 g/mol. The number of carbonyl (C=O) groups excluding carboxylic acids is 3. The smallest absolute Gasteiger partial charge is 0.200 e. The summed E-state index contributed by atoms with van der Waals surface area (Å²) in [5.41, 5.74) is 4.72. The summed E-state index contributed by atoms with van der Waals surface area (Å²) in [5, 5.41) is 0.531. The Hall–Kier alpha value is -3.51. The molecule has 1 aromatic heterocycles. The van der Waals surface area contributed by atoms with Gasteiger partial charge in [0, 0.05) is 27.9 Å². The molecule has 34 heavy (non-hydrogen) atoms. The number of Topliss-reactive ketones (excluding diaryl/α,β-unsaturated/α-hetero) is 3. The maximum atomic E-state index is 12.9. The molecule has 0 saturated heterocycles. The number of rotatable bonds is 7. The first kappa shape index (κ1) is 23.6. The Labute approximate surface area is 206 Å². The van der Waals surface area contributed by atoms with Gasteiger partial charge in [0.1, 0.15) is 5.75 Å². The molecule has 4 aromatic rings. The molecule has 0 N–H and O–H groups in total. The standard InChI is InChI=1S/C28H24BrNO4/c1-16-10-12-21(13-11-16)30-17(2)25(18(3)31)27-23(30)14-22(29)28(26(27)19(4)32)34-15-24(33)20-8-6-5-7-9-20/h5-14H,15H2,1-4H3. The van der Waals surface area contributed by atoms with Crippen LogP contribution in [0.15, 0.2) is 65.1 Å². The molecular formula is C28H24BrNO4. The van der Waals surface area contributed by atoms with Gasteiger partial charge in [0.05, 0.1) is 15.6 Å². The van der Waals surface area contributed by atoms with Crippen molar-refractivity contribution in [1.29, 1.82) is 0 Å². The quantitative estimate of drug-likeness (QED) is 0.256. The average molecular weight is 518 g/mol. The van der Waals surface area contributed by atoms with Crippen molar-refractivity contribution in [3.05, 3.63) is 93.1 Å². The molecule has 0 bridgehead atoms. The number of aryl methyl sites for hydroxylation is 1. The second-order valence-electron chi connectivity index (χ2n) is 8.28. The van der Waals surface area contributed by atoms with Crippen LogP contribution in [0.3, 0.4) is 0 Å². The van der Waals surface area contributed by atoms with Gasteiger partial charge in [-0.3, -0.25) is 14.4 Å². The molecule has 0 amide bonds. The fourth-order valence-electron chi connectivity index (χ4n) is 4.30. The Bertz CT molecular complexity index is 1430. The molecule has 6 heteroatoms. The first-order valence-electron chi connectivity index (χ1n) is 10.9. The highest BCUT2D eigenvalue weighted by Crippen LogP contribution is 2.41. The number of hydrogen-bond acceptors (Lipinski definition) is 4. The number of fused-ring (bicyclic) bond motifs is 1. The average Bonchev–Trinajstić information content (AvgIpc) is 3.09. The van der Waals surface area contributed by atoms with E-state index in [4.69, 9.17) is 4.74 Å². The monoisotopic (exact) mass is 517 g/mol. The van der Waals surface area contributed by atoms with E-state index in [0.29, 0.717) is 26.5 Å². The number of hydrogen-bond donors (Lipinski definition) is 0. The van der Waals surface area contributed by atoms with Crippen molar-refractivity contribution >= 4 is 44.2 Å². The van der Waals surface area contributed by atoms with Gasteiger partial charge in [-0.05, 0) is 61.8 Å². The van der Waals surface area contributed by atoms with E-state index < -0.39 is 0 Å². The fraction of sp³-hybridized carbons (Fsp3) is 0.179. The van der Waals surface area contributed by atoms with Crippen LogP contribution >= 0.6 is 15.9 Å². The summed E-state index contributed by atoms with van der Waals surface area (Å²) >= 11 is 3.55. The molecule has 3 aromatic carbocycles. The van der Waals surface area contributed by atoms with Crippen LogP contribution in [0, 0.1) is 13.8 Å². The molecule has 1 heterocycles. The van der Waals surface area contributed by atoms with Gasteiger partial charge < -0.3 is 9.30 Å². The first-order chi connectivity index (χ1) is 16.2. The second-order valence-corrected chi connectivity index (χ2v) is 9.13. The van der Waals surface area contributed by atoms with Crippen molar-refractivity contribution in [3.8, 4) is 11.4 Å². The lowest BCUT2D eigenvalue weighted by Crippen LogP contribution is -2.14. The van der Waals surface area contributed by atoms with Gasteiger partial charge in [0.15, 0.2) is 24.0 Å². The molecule has 0 aliphatic carbocycles. The van der Waals surface area contributed by atoms with Crippen molar-refractivity contribution < 1.29 is 19.1 Å². The fourth-order valence-corrected chi connectivity index (χ4v) is 4.83. The molecule has 4 rings (SSSR count). The van der Waals surface area contributed by atoms with Gasteiger partial charge >= 0.3 is 0 Å². The first-order valence-corrected chi connectivity index (χ1v) is 11.7. The van der Waals surface area contributed by atoms with Gasteiger partial charge in [0.2, 0.25) is 0 Å². The number of nitrogens with zero attached hydrogens (tertiary/aromatic N) is 1. The van der Waals surface area contributed by atoms with Crippen molar-refractivity contribution in [2.24, 2.45) is 0 Å². The SMILES string of the molecule is CC(=O)c1c(OCC(=O)c2ccccc2)c(Br)cc2c1c(C(C)=O)c(C)n2-c1ccc(C)cc1. The minimum absolute atomic E-state index is 0.149. The van der Waals surface area contributed by atoms with E-state index in [0.717, 1.165) is 16.9 Å². The van der Waals surface area contributed by atoms with Crippen LogP contribution in [0.4, 0.5) is 0 Å². The maximum absolute atomic E-state index is 12.9. The predicted octanol–water partition coefficient (Wildman–Crippen LogP) is 6.68. The van der Waals surface area contributed by atoms with Crippen LogP contribution in [0.25, 0.3) is 16.6 Å². The Morgan fingerprint density at radius 1 is 0.882 bits per heavy atom. The molecule has 172 valence electrons. The molecule has 0 radical (unpaired) electrons. The minimum Gasteiger partial charge on any atom is -0.483 e. The minimum atomic E-state index is -0.253. The maximum Gasteiger partial charge on any atom is 0.200 e. The van der Waals surface area contributed by atoms with Crippen LogP contribution in [0.2, 0.25) is 0 Å². The van der Waals surface area contributed by atoms with E-state index in [1.165, 1.54) is 13.8 Å². The van der Waals surface area contributed by atoms with Crippen LogP contribution < -0.4 is 4.74 Å². The molecule has 0 unspecified atom stereocenters. The number of aromatic nitrogens is 1. The number of ether oxygens (including phenoxy) is 1. The molecule has 5 nitrogen and oxygen atoms in total. The third kappa shape index (κ3) is 4.21. The zero-order valence-electron chi connectivity index (χ0n) is 19.4. The van der Waals surface area contributed by atoms with Gasteiger partial charge in [-0.1, -0.05) is 48.0 Å². The van der Waals surface area contributed by atoms with Crippen molar-refractivity contribution in [2.45, 2.75) is 27.7 Å². The van der Waals surface area contributed by atoms with Gasteiger partial charge in [-0.15, -0.1) is 0 Å². The van der Waals surface area contributed by atoms with Crippen molar-refractivity contribution in [2.75, 3.05) is 6.61 Å². The lowest BCUT2D eigenvalue weighted by Gasteiger charge is -2.15. The Balaban J connectivity index is 1.93. The molecule has 0 fully saturated rings. The Morgan fingerprint density at radius 3 is 2.09 bits per heavy atom. The van der Waals surface area contributed by atoms with Crippen molar-refractivity contribution in [1.82, 2.24) is 4.57 Å². The van der Waals surface area contributed by atoms with Crippen LogP contribution in [-0.4, -0.2) is 28.5 Å². The van der Waals surface area contributed by atoms with E-state index in [9.17, 15) is 14.4 Å². The highest BCUT2D eigenvalue weighted by molar-refractivity contribution is 9.10. The third-order valence-electron chi connectivity index (χ3n) is 5.84. The van der Waals surface area contributed by atoms with Gasteiger partial charge in [-0.2, -0.15) is 0 Å². The largest absolute Gasteiger partial charge is 0.483 e. The molecule has 0 aliphatic heterocycles. The summed E-state index contributed by atoms with van der Waals surface area (Å²) in [7, 11) is 0. The zero-order valence-corrected chi connectivity index (χ0v) is 21.0. The van der Waals surface area contributed by atoms with Gasteiger partial charge in [-0.25, -0.2) is 0 Å². The molecule has 0 saturated carbocycles. The van der Waals surface area contributed by atoms with Crippen molar-refractivity contribution in [3.63, 3.8) is 0 Å². The highest BCUT2D eigenvalue weighted by Gasteiger charge is 2.27. The number of carbonyl (C=O) groups is 3. The van der Waals surface area contributed by atoms with Crippen LogP contribution in [0.1, 0.15) is 56.2 Å². The number of ketones is 3. The normalized spacial score (nSPS) is 11.0. The topological polar surface area (TPSA) is 65.4 Å². The van der Waals surface area contributed by atoms with E-state index in [-0.39, 0.29) is 35.3 Å². The summed E-state index contributed by atoms with van der Waals surface area (Å²) in [6, 6.07) is 18.6. The van der Waals surface area contributed by atoms with E-state index >= 15 is 0 Å². The van der Waals surface area contributed by atoms with E-state index in [2.05, 4.69) is 15.9 Å². The highest BCUT2D eigenvalue weighted by atomic mass is 79.9. The Kier molecular flexibility index (Phi) is 6.53. The summed E-state index contributed by atoms with van der Waals surface area (Å²) in [6.45, 7) is 6.58. The Morgan fingerprint density at radius 2 is 1.50 bits per heavy atom. The van der Waals surface area contributed by atoms with Crippen LogP contribution in [-0.2, 0) is 0 Å². The summed E-state index contributed by atoms with van der Waals surface area (Å²) in [6.07, 6.45) is 0. The van der Waals surface area contributed by atoms with E-state index in [1.807, 2.05) is 54.8 Å². The number of benzene rings is 3. The summed E-state index contributed by atoms with van der Waals surface area (Å²) in [5.74, 6) is -0.350. The lowest BCUT2D eigenvalue weighted by atomic mass is 9.99. The third-order valence-corrected chi connectivity index (χ3v) is 6.43. The predicted molar refractivity (Wildman–Crippen MR) is 137 cm³/mol. The second kappa shape index (κ2) is 9.39. The zero-order chi connectivity index (χ0) is 24.6. The van der Waals surface area contributed by atoms with Crippen LogP contribution in [0.5, 0.6) is 5.75 Å². The van der Waals surface area contributed by atoms with Gasteiger partial charge in [0.25, 0.3) is 0 Å². The molecule has 0 aliphatic rings. The molecule has 0 spiro atoms. The van der Waals surface area contributed by atoms with E-state index in [1.54, 1.807) is 24.3 Å². The lowest BCUT2D eigenvalue weighted by molar-refractivity contribution is 0.0912. The molecule has 0 atom stereocenters.